The standard InChI is InChI=1S/C26H25BrN2O5/c1-4-32-24-14-19(6-12-23(24)34-26(31)20-7-9-21(27)10-8-20)15-28-29-25(30)16-33-22-11-5-17(2)18(3)13-22/h5-15H,4,16H2,1-3H3,(H,29,30)/b28-15+. The number of hydrogen-bond donors (Lipinski definition) is 1. The molecule has 0 fully saturated rings. The minimum absolute atomic E-state index is 0.158. The lowest BCUT2D eigenvalue weighted by Gasteiger charge is -2.11. The van der Waals surface area contributed by atoms with Gasteiger partial charge in [0, 0.05) is 4.47 Å². The summed E-state index contributed by atoms with van der Waals surface area (Å²) in [5.41, 5.74) is 5.74. The average Bonchev–Trinajstić information content (AvgIpc) is 2.82. The molecule has 0 unspecified atom stereocenters. The number of nitrogens with one attached hydrogen (secondary N) is 1. The van der Waals surface area contributed by atoms with Gasteiger partial charge in [0.1, 0.15) is 5.75 Å². The molecule has 0 aromatic heterocycles. The number of hydrogen-bond acceptors (Lipinski definition) is 6. The monoisotopic (exact) mass is 524 g/mol. The molecule has 0 aliphatic carbocycles. The van der Waals surface area contributed by atoms with Crippen molar-refractivity contribution in [2.75, 3.05) is 13.2 Å². The van der Waals surface area contributed by atoms with Gasteiger partial charge in [-0.2, -0.15) is 5.10 Å². The molecule has 1 amide bonds. The molecule has 176 valence electrons. The van der Waals surface area contributed by atoms with Crippen LogP contribution in [0.5, 0.6) is 17.2 Å². The molecule has 3 aromatic carbocycles. The van der Waals surface area contributed by atoms with Crippen molar-refractivity contribution < 1.29 is 23.8 Å². The van der Waals surface area contributed by atoms with Gasteiger partial charge >= 0.3 is 5.97 Å². The van der Waals surface area contributed by atoms with Gasteiger partial charge in [0.25, 0.3) is 5.91 Å². The van der Waals surface area contributed by atoms with E-state index in [1.165, 1.54) is 6.21 Å². The van der Waals surface area contributed by atoms with Crippen LogP contribution in [-0.2, 0) is 4.79 Å². The Morgan fingerprint density at radius 1 is 0.941 bits per heavy atom. The highest BCUT2D eigenvalue weighted by Crippen LogP contribution is 2.29. The SMILES string of the molecule is CCOc1cc(/C=N/NC(=O)COc2ccc(C)c(C)c2)ccc1OC(=O)c1ccc(Br)cc1. The molecule has 0 bridgehead atoms. The molecule has 0 spiro atoms. The largest absolute Gasteiger partial charge is 0.490 e. The van der Waals surface area contributed by atoms with Crippen LogP contribution in [0.3, 0.4) is 0 Å². The molecule has 0 saturated carbocycles. The number of hydrazone groups is 1. The van der Waals surface area contributed by atoms with Crippen LogP contribution in [0.1, 0.15) is 34.0 Å². The summed E-state index contributed by atoms with van der Waals surface area (Å²) in [6.45, 7) is 6.05. The van der Waals surface area contributed by atoms with E-state index in [-0.39, 0.29) is 18.3 Å². The van der Waals surface area contributed by atoms with Gasteiger partial charge in [0.2, 0.25) is 0 Å². The maximum Gasteiger partial charge on any atom is 0.343 e. The van der Waals surface area contributed by atoms with Crippen LogP contribution in [0.25, 0.3) is 0 Å². The Morgan fingerprint density at radius 3 is 2.41 bits per heavy atom. The summed E-state index contributed by atoms with van der Waals surface area (Å²) in [6.07, 6.45) is 1.47. The zero-order valence-electron chi connectivity index (χ0n) is 19.1. The van der Waals surface area contributed by atoms with E-state index in [1.54, 1.807) is 42.5 Å². The first kappa shape index (κ1) is 25.0. The molecule has 3 aromatic rings. The Balaban J connectivity index is 1.59. The summed E-state index contributed by atoms with van der Waals surface area (Å²) in [5.74, 6) is 0.418. The predicted molar refractivity (Wildman–Crippen MR) is 134 cm³/mol. The van der Waals surface area contributed by atoms with Gasteiger partial charge < -0.3 is 14.2 Å². The Morgan fingerprint density at radius 2 is 1.71 bits per heavy atom. The molecule has 0 aliphatic heterocycles. The zero-order chi connectivity index (χ0) is 24.5. The molecule has 0 radical (unpaired) electrons. The third-order valence-corrected chi connectivity index (χ3v) is 5.33. The van der Waals surface area contributed by atoms with E-state index in [9.17, 15) is 9.59 Å². The Labute approximate surface area is 206 Å². The van der Waals surface area contributed by atoms with Gasteiger partial charge in [0.05, 0.1) is 18.4 Å². The van der Waals surface area contributed by atoms with Gasteiger partial charge in [-0.05, 0) is 92.1 Å². The van der Waals surface area contributed by atoms with E-state index >= 15 is 0 Å². The maximum absolute atomic E-state index is 12.4. The number of carbonyl (C=O) groups excluding carboxylic acids is 2. The number of aryl methyl sites for hydroxylation is 2. The van der Waals surface area contributed by atoms with Crippen LogP contribution in [0, 0.1) is 13.8 Å². The first-order chi connectivity index (χ1) is 16.4. The quantitative estimate of drug-likeness (QED) is 0.179. The lowest BCUT2D eigenvalue weighted by atomic mass is 10.1. The number of esters is 1. The van der Waals surface area contributed by atoms with Crippen molar-refractivity contribution in [2.24, 2.45) is 5.10 Å². The third-order valence-electron chi connectivity index (χ3n) is 4.80. The first-order valence-corrected chi connectivity index (χ1v) is 11.4. The molecular weight excluding hydrogens is 500 g/mol. The Hall–Kier alpha value is -3.65. The molecule has 1 N–H and O–H groups in total. The number of nitrogens with zero attached hydrogens (tertiary/aromatic N) is 1. The summed E-state index contributed by atoms with van der Waals surface area (Å²) >= 11 is 3.34. The highest BCUT2D eigenvalue weighted by Gasteiger charge is 2.13. The summed E-state index contributed by atoms with van der Waals surface area (Å²) in [7, 11) is 0. The maximum atomic E-state index is 12.4. The number of carbonyl (C=O) groups is 2. The second-order valence-corrected chi connectivity index (χ2v) is 8.28. The fourth-order valence-electron chi connectivity index (χ4n) is 2.87. The van der Waals surface area contributed by atoms with Gasteiger partial charge in [0.15, 0.2) is 18.1 Å². The van der Waals surface area contributed by atoms with Crippen molar-refractivity contribution in [1.29, 1.82) is 0 Å². The summed E-state index contributed by atoms with van der Waals surface area (Å²) in [5, 5.41) is 3.96. The molecule has 7 nitrogen and oxygen atoms in total. The molecule has 0 atom stereocenters. The van der Waals surface area contributed by atoms with Crippen LogP contribution >= 0.6 is 15.9 Å². The van der Waals surface area contributed by atoms with E-state index < -0.39 is 5.97 Å². The molecule has 34 heavy (non-hydrogen) atoms. The lowest BCUT2D eigenvalue weighted by Crippen LogP contribution is -2.24. The Bertz CT molecular complexity index is 1190. The normalized spacial score (nSPS) is 10.7. The predicted octanol–water partition coefficient (Wildman–Crippen LogP) is 5.21. The second-order valence-electron chi connectivity index (χ2n) is 7.36. The van der Waals surface area contributed by atoms with Crippen LogP contribution in [0.4, 0.5) is 0 Å². The number of amides is 1. The molecule has 3 rings (SSSR count). The fraction of sp³-hybridized carbons (Fsp3) is 0.192. The first-order valence-electron chi connectivity index (χ1n) is 10.6. The molecule has 0 aliphatic rings. The van der Waals surface area contributed by atoms with Gasteiger partial charge in [-0.1, -0.05) is 22.0 Å². The second kappa shape index (κ2) is 12.0. The number of benzene rings is 3. The van der Waals surface area contributed by atoms with E-state index in [2.05, 4.69) is 26.5 Å². The van der Waals surface area contributed by atoms with Crippen molar-refractivity contribution in [3.05, 3.63) is 87.4 Å². The van der Waals surface area contributed by atoms with Gasteiger partial charge in [-0.15, -0.1) is 0 Å². The number of rotatable bonds is 9. The van der Waals surface area contributed by atoms with Crippen LogP contribution in [0.15, 0.2) is 70.2 Å². The van der Waals surface area contributed by atoms with Crippen molar-refractivity contribution in [3.63, 3.8) is 0 Å². The highest BCUT2D eigenvalue weighted by atomic mass is 79.9. The minimum atomic E-state index is -0.495. The summed E-state index contributed by atoms with van der Waals surface area (Å²) in [4.78, 5) is 24.5. The van der Waals surface area contributed by atoms with Crippen molar-refractivity contribution in [2.45, 2.75) is 20.8 Å². The fourth-order valence-corrected chi connectivity index (χ4v) is 3.13. The topological polar surface area (TPSA) is 86.2 Å². The zero-order valence-corrected chi connectivity index (χ0v) is 20.7. The highest BCUT2D eigenvalue weighted by molar-refractivity contribution is 9.10. The molecular formula is C26H25BrN2O5. The van der Waals surface area contributed by atoms with E-state index in [4.69, 9.17) is 14.2 Å². The van der Waals surface area contributed by atoms with Gasteiger partial charge in [-0.25, -0.2) is 10.2 Å². The van der Waals surface area contributed by atoms with Crippen molar-refractivity contribution in [1.82, 2.24) is 5.43 Å². The summed E-state index contributed by atoms with van der Waals surface area (Å²) < 4.78 is 17.5. The minimum Gasteiger partial charge on any atom is -0.490 e. The third kappa shape index (κ3) is 7.18. The number of halogens is 1. The smallest absolute Gasteiger partial charge is 0.343 e. The summed E-state index contributed by atoms with van der Waals surface area (Å²) in [6, 6.07) is 17.5. The van der Waals surface area contributed by atoms with E-state index in [0.29, 0.717) is 29.2 Å². The van der Waals surface area contributed by atoms with Gasteiger partial charge in [-0.3, -0.25) is 4.79 Å². The van der Waals surface area contributed by atoms with E-state index in [0.717, 1.165) is 15.6 Å². The molecule has 0 heterocycles. The van der Waals surface area contributed by atoms with E-state index in [1.807, 2.05) is 39.0 Å². The van der Waals surface area contributed by atoms with Crippen LogP contribution in [-0.4, -0.2) is 31.3 Å². The van der Waals surface area contributed by atoms with Crippen molar-refractivity contribution >= 4 is 34.0 Å². The Kier molecular flexibility index (Phi) is 8.81. The molecule has 8 heteroatoms. The average molecular weight is 525 g/mol. The lowest BCUT2D eigenvalue weighted by molar-refractivity contribution is -0.123. The number of ether oxygens (including phenoxy) is 3. The van der Waals surface area contributed by atoms with Crippen molar-refractivity contribution in [3.8, 4) is 17.2 Å². The van der Waals surface area contributed by atoms with Crippen LogP contribution in [0.2, 0.25) is 0 Å². The van der Waals surface area contributed by atoms with Crippen LogP contribution < -0.4 is 19.6 Å². The molecule has 0 saturated heterocycles.